The van der Waals surface area contributed by atoms with Crippen molar-refractivity contribution in [2.24, 2.45) is 5.73 Å². The second-order valence-corrected chi connectivity index (χ2v) is 2.87. The van der Waals surface area contributed by atoms with Gasteiger partial charge in [-0.15, -0.1) is 0 Å². The van der Waals surface area contributed by atoms with Crippen molar-refractivity contribution in [3.8, 4) is 0 Å². The fourth-order valence-electron chi connectivity index (χ4n) is 1.37. The van der Waals surface area contributed by atoms with Gasteiger partial charge in [-0.1, -0.05) is 0 Å². The molecular weight excluding hydrogens is 176 g/mol. The summed E-state index contributed by atoms with van der Waals surface area (Å²) in [6, 6.07) is -0.747. The van der Waals surface area contributed by atoms with Crippen molar-refractivity contribution < 1.29 is 19.5 Å². The Labute approximate surface area is 74.3 Å². The number of rotatable bonds is 3. The van der Waals surface area contributed by atoms with Crippen molar-refractivity contribution in [1.29, 1.82) is 0 Å². The highest BCUT2D eigenvalue weighted by Gasteiger charge is 2.35. The van der Waals surface area contributed by atoms with E-state index in [2.05, 4.69) is 0 Å². The quantitative estimate of drug-likeness (QED) is 0.562. The summed E-state index contributed by atoms with van der Waals surface area (Å²) in [5.74, 6) is -2.11. The predicted molar refractivity (Wildman–Crippen MR) is 41.6 cm³/mol. The third kappa shape index (κ3) is 1.95. The number of hydrogen-bond donors (Lipinski definition) is 2. The Morgan fingerprint density at radius 2 is 2.23 bits per heavy atom. The van der Waals surface area contributed by atoms with Crippen molar-refractivity contribution in [2.75, 3.05) is 6.54 Å². The lowest BCUT2D eigenvalue weighted by atomic mass is 10.2. The number of amides is 2. The highest BCUT2D eigenvalue weighted by atomic mass is 16.4. The van der Waals surface area contributed by atoms with Crippen LogP contribution in [0.25, 0.3) is 0 Å². The summed E-state index contributed by atoms with van der Waals surface area (Å²) in [5.41, 5.74) is 5.00. The molecule has 0 aromatic rings. The van der Waals surface area contributed by atoms with Gasteiger partial charge in [-0.2, -0.15) is 0 Å². The van der Waals surface area contributed by atoms with Crippen molar-refractivity contribution in [2.45, 2.75) is 18.9 Å². The van der Waals surface area contributed by atoms with E-state index in [4.69, 9.17) is 10.8 Å². The average Bonchev–Trinajstić information content (AvgIpc) is 2.32. The molecule has 0 aromatic carbocycles. The lowest BCUT2D eigenvalue weighted by Crippen LogP contribution is -2.44. The summed E-state index contributed by atoms with van der Waals surface area (Å²) in [5, 5.41) is 8.45. The number of primary amides is 1. The third-order valence-corrected chi connectivity index (χ3v) is 1.96. The van der Waals surface area contributed by atoms with Crippen LogP contribution in [0, 0.1) is 0 Å². The summed E-state index contributed by atoms with van der Waals surface area (Å²) < 4.78 is 0. The number of carboxylic acid groups (broad SMARTS) is 1. The molecule has 0 saturated carbocycles. The average molecular weight is 186 g/mol. The van der Waals surface area contributed by atoms with Crippen LogP contribution < -0.4 is 5.73 Å². The van der Waals surface area contributed by atoms with E-state index in [0.29, 0.717) is 6.42 Å². The first-order chi connectivity index (χ1) is 6.02. The standard InChI is InChI=1S/C7H10N2O4/c8-7(13)4-1-2-5(10)9(4)3-6(11)12/h4H,1-3H2,(H2,8,13)(H,11,12). The van der Waals surface area contributed by atoms with Gasteiger partial charge in [0.15, 0.2) is 0 Å². The van der Waals surface area contributed by atoms with E-state index in [9.17, 15) is 14.4 Å². The number of aliphatic carboxylic acids is 1. The first kappa shape index (κ1) is 9.50. The smallest absolute Gasteiger partial charge is 0.323 e. The Morgan fingerprint density at radius 1 is 1.62 bits per heavy atom. The van der Waals surface area contributed by atoms with Crippen LogP contribution in [0.3, 0.4) is 0 Å². The predicted octanol–water partition coefficient (Wildman–Crippen LogP) is -1.45. The Hall–Kier alpha value is -1.59. The van der Waals surface area contributed by atoms with E-state index >= 15 is 0 Å². The molecule has 1 heterocycles. The Morgan fingerprint density at radius 3 is 2.69 bits per heavy atom. The first-order valence-electron chi connectivity index (χ1n) is 3.83. The SMILES string of the molecule is NC(=O)C1CCC(=O)N1CC(=O)O. The highest BCUT2D eigenvalue weighted by molar-refractivity contribution is 5.92. The number of hydrogen-bond acceptors (Lipinski definition) is 3. The van der Waals surface area contributed by atoms with Crippen LogP contribution in [0.4, 0.5) is 0 Å². The Balaban J connectivity index is 2.71. The second-order valence-electron chi connectivity index (χ2n) is 2.87. The van der Waals surface area contributed by atoms with Gasteiger partial charge in [0.2, 0.25) is 11.8 Å². The lowest BCUT2D eigenvalue weighted by molar-refractivity contribution is -0.145. The molecule has 1 aliphatic heterocycles. The van der Waals surface area contributed by atoms with Gasteiger partial charge >= 0.3 is 5.97 Å². The summed E-state index contributed by atoms with van der Waals surface area (Å²) >= 11 is 0. The Kier molecular flexibility index (Phi) is 2.50. The molecule has 1 atom stereocenters. The van der Waals surface area contributed by atoms with E-state index < -0.39 is 24.5 Å². The molecule has 0 radical (unpaired) electrons. The van der Waals surface area contributed by atoms with Crippen LogP contribution in [-0.2, 0) is 14.4 Å². The molecule has 6 heteroatoms. The molecular formula is C7H10N2O4. The van der Waals surface area contributed by atoms with Crippen LogP contribution in [0.15, 0.2) is 0 Å². The first-order valence-corrected chi connectivity index (χ1v) is 3.83. The number of carbonyl (C=O) groups excluding carboxylic acids is 2. The van der Waals surface area contributed by atoms with E-state index in [-0.39, 0.29) is 12.3 Å². The molecule has 3 N–H and O–H groups in total. The molecule has 1 aliphatic rings. The highest BCUT2D eigenvalue weighted by Crippen LogP contribution is 2.17. The zero-order valence-electron chi connectivity index (χ0n) is 6.90. The van der Waals surface area contributed by atoms with Crippen molar-refractivity contribution in [3.05, 3.63) is 0 Å². The topological polar surface area (TPSA) is 101 Å². The van der Waals surface area contributed by atoms with Gasteiger partial charge in [0.25, 0.3) is 0 Å². The minimum atomic E-state index is -1.14. The van der Waals surface area contributed by atoms with Crippen LogP contribution in [0.5, 0.6) is 0 Å². The maximum atomic E-state index is 11.1. The Bertz CT molecular complexity index is 263. The zero-order valence-corrected chi connectivity index (χ0v) is 6.90. The van der Waals surface area contributed by atoms with E-state index in [1.54, 1.807) is 0 Å². The molecule has 0 bridgehead atoms. The molecule has 0 spiro atoms. The molecule has 1 saturated heterocycles. The fraction of sp³-hybridized carbons (Fsp3) is 0.571. The van der Waals surface area contributed by atoms with Gasteiger partial charge in [0.1, 0.15) is 12.6 Å². The summed E-state index contributed by atoms with van der Waals surface area (Å²) in [7, 11) is 0. The van der Waals surface area contributed by atoms with Gasteiger partial charge in [0, 0.05) is 6.42 Å². The maximum Gasteiger partial charge on any atom is 0.323 e. The van der Waals surface area contributed by atoms with Gasteiger partial charge in [-0.05, 0) is 6.42 Å². The van der Waals surface area contributed by atoms with Gasteiger partial charge in [-0.25, -0.2) is 0 Å². The van der Waals surface area contributed by atoms with Gasteiger partial charge < -0.3 is 15.7 Å². The second kappa shape index (κ2) is 3.42. The number of likely N-dealkylation sites (tertiary alicyclic amines) is 1. The molecule has 6 nitrogen and oxygen atoms in total. The number of carboxylic acids is 1. The van der Waals surface area contributed by atoms with Crippen molar-refractivity contribution in [1.82, 2.24) is 4.90 Å². The van der Waals surface area contributed by atoms with Crippen molar-refractivity contribution in [3.63, 3.8) is 0 Å². The lowest BCUT2D eigenvalue weighted by Gasteiger charge is -2.19. The maximum absolute atomic E-state index is 11.1. The monoisotopic (exact) mass is 186 g/mol. The summed E-state index contributed by atoms with van der Waals surface area (Å²) in [6.45, 7) is -0.452. The fourth-order valence-corrected chi connectivity index (χ4v) is 1.37. The number of carbonyl (C=O) groups is 3. The van der Waals surface area contributed by atoms with Crippen LogP contribution in [0.1, 0.15) is 12.8 Å². The minimum absolute atomic E-state index is 0.195. The summed E-state index contributed by atoms with van der Waals surface area (Å²) in [4.78, 5) is 33.2. The molecule has 0 aliphatic carbocycles. The van der Waals surface area contributed by atoms with Crippen LogP contribution in [0.2, 0.25) is 0 Å². The van der Waals surface area contributed by atoms with Crippen LogP contribution >= 0.6 is 0 Å². The normalized spacial score (nSPS) is 22.0. The number of nitrogens with zero attached hydrogens (tertiary/aromatic N) is 1. The molecule has 1 fully saturated rings. The minimum Gasteiger partial charge on any atom is -0.480 e. The zero-order chi connectivity index (χ0) is 10.0. The summed E-state index contributed by atoms with van der Waals surface area (Å²) in [6.07, 6.45) is 0.516. The molecule has 1 rings (SSSR count). The largest absolute Gasteiger partial charge is 0.480 e. The van der Waals surface area contributed by atoms with E-state index in [1.807, 2.05) is 0 Å². The molecule has 1 unspecified atom stereocenters. The van der Waals surface area contributed by atoms with Gasteiger partial charge in [0.05, 0.1) is 0 Å². The van der Waals surface area contributed by atoms with E-state index in [1.165, 1.54) is 0 Å². The molecule has 72 valence electrons. The molecule has 2 amide bonds. The van der Waals surface area contributed by atoms with Crippen molar-refractivity contribution >= 4 is 17.8 Å². The van der Waals surface area contributed by atoms with Crippen LogP contribution in [-0.4, -0.2) is 40.4 Å². The van der Waals surface area contributed by atoms with Gasteiger partial charge in [-0.3, -0.25) is 14.4 Å². The third-order valence-electron chi connectivity index (χ3n) is 1.96. The molecule has 0 aromatic heterocycles. The van der Waals surface area contributed by atoms with E-state index in [0.717, 1.165) is 4.90 Å². The number of nitrogens with two attached hydrogens (primary N) is 1. The molecule has 13 heavy (non-hydrogen) atoms.